The first kappa shape index (κ1) is 14.9. The number of H-pyrrole nitrogens is 1. The van der Waals surface area contributed by atoms with Crippen molar-refractivity contribution in [2.75, 3.05) is 5.32 Å². The van der Waals surface area contributed by atoms with Gasteiger partial charge in [0.15, 0.2) is 0 Å². The first-order valence-corrected chi connectivity index (χ1v) is 6.41. The zero-order valence-corrected chi connectivity index (χ0v) is 11.4. The number of benzene rings is 2. The van der Waals surface area contributed by atoms with Crippen molar-refractivity contribution in [1.82, 2.24) is 20.6 Å². The number of hydrogen-bond acceptors (Lipinski definition) is 4. The van der Waals surface area contributed by atoms with E-state index in [-0.39, 0.29) is 5.82 Å². The van der Waals surface area contributed by atoms with Crippen molar-refractivity contribution < 1.29 is 17.6 Å². The molecular formula is C14H9F4N5. The minimum atomic E-state index is -4.40. The molecule has 23 heavy (non-hydrogen) atoms. The van der Waals surface area contributed by atoms with Gasteiger partial charge in [-0.05, 0) is 47.7 Å². The van der Waals surface area contributed by atoms with Gasteiger partial charge in [0.1, 0.15) is 5.82 Å². The molecule has 0 saturated heterocycles. The molecule has 0 radical (unpaired) electrons. The fourth-order valence-electron chi connectivity index (χ4n) is 1.98. The molecule has 3 aromatic rings. The number of nitrogens with zero attached hydrogens (tertiary/aromatic N) is 3. The van der Waals surface area contributed by atoms with Crippen molar-refractivity contribution in [3.63, 3.8) is 0 Å². The van der Waals surface area contributed by atoms with Gasteiger partial charge in [0.25, 0.3) is 0 Å². The predicted molar refractivity (Wildman–Crippen MR) is 74.3 cm³/mol. The third kappa shape index (κ3) is 3.28. The van der Waals surface area contributed by atoms with Gasteiger partial charge in [0.2, 0.25) is 5.82 Å². The summed E-state index contributed by atoms with van der Waals surface area (Å²) in [5, 5.41) is 16.1. The van der Waals surface area contributed by atoms with Crippen LogP contribution in [0.5, 0.6) is 0 Å². The molecular weight excluding hydrogens is 314 g/mol. The normalized spacial score (nSPS) is 11.5. The Hall–Kier alpha value is -2.97. The molecule has 0 spiro atoms. The fraction of sp³-hybridized carbons (Fsp3) is 0.0714. The van der Waals surface area contributed by atoms with Crippen molar-refractivity contribution in [3.05, 3.63) is 53.8 Å². The van der Waals surface area contributed by atoms with Crippen LogP contribution in [0.25, 0.3) is 11.4 Å². The van der Waals surface area contributed by atoms with Crippen LogP contribution in [0, 0.1) is 5.82 Å². The fourth-order valence-corrected chi connectivity index (χ4v) is 1.98. The number of aromatic amines is 1. The Morgan fingerprint density at radius 2 is 1.74 bits per heavy atom. The highest BCUT2D eigenvalue weighted by Crippen LogP contribution is 2.32. The summed E-state index contributed by atoms with van der Waals surface area (Å²) in [7, 11) is 0. The largest absolute Gasteiger partial charge is 0.416 e. The van der Waals surface area contributed by atoms with Gasteiger partial charge in [-0.15, -0.1) is 10.2 Å². The molecule has 0 atom stereocenters. The van der Waals surface area contributed by atoms with Crippen molar-refractivity contribution in [2.45, 2.75) is 6.18 Å². The number of nitrogens with one attached hydrogen (secondary N) is 2. The Balaban J connectivity index is 1.91. The number of alkyl halides is 3. The smallest absolute Gasteiger partial charge is 0.355 e. The highest BCUT2D eigenvalue weighted by molar-refractivity contribution is 5.77. The molecule has 0 aliphatic carbocycles. The summed E-state index contributed by atoms with van der Waals surface area (Å²) in [6, 6.07) is 8.35. The lowest BCUT2D eigenvalue weighted by molar-refractivity contribution is -0.137. The Morgan fingerprint density at radius 3 is 2.35 bits per heavy atom. The van der Waals surface area contributed by atoms with Crippen LogP contribution in [0.15, 0.2) is 42.5 Å². The molecule has 0 amide bonds. The lowest BCUT2D eigenvalue weighted by atomic mass is 10.1. The quantitative estimate of drug-likeness (QED) is 0.720. The van der Waals surface area contributed by atoms with Gasteiger partial charge >= 0.3 is 6.18 Å². The van der Waals surface area contributed by atoms with Gasteiger partial charge < -0.3 is 5.32 Å². The summed E-state index contributed by atoms with van der Waals surface area (Å²) < 4.78 is 51.1. The molecule has 0 bridgehead atoms. The molecule has 1 aromatic heterocycles. The lowest BCUT2D eigenvalue weighted by Crippen LogP contribution is -2.04. The van der Waals surface area contributed by atoms with Crippen LogP contribution in [0.2, 0.25) is 0 Å². The van der Waals surface area contributed by atoms with Gasteiger partial charge in [-0.3, -0.25) is 0 Å². The van der Waals surface area contributed by atoms with E-state index in [2.05, 4.69) is 25.9 Å². The molecule has 0 aliphatic rings. The van der Waals surface area contributed by atoms with Gasteiger partial charge in [-0.2, -0.15) is 18.4 Å². The second-order valence-corrected chi connectivity index (χ2v) is 4.63. The van der Waals surface area contributed by atoms with Gasteiger partial charge in [0, 0.05) is 16.9 Å². The molecule has 5 nitrogen and oxygen atoms in total. The molecule has 2 N–H and O–H groups in total. The minimum Gasteiger partial charge on any atom is -0.355 e. The van der Waals surface area contributed by atoms with Crippen LogP contribution in [0.3, 0.4) is 0 Å². The topological polar surface area (TPSA) is 66.5 Å². The van der Waals surface area contributed by atoms with Crippen LogP contribution in [-0.2, 0) is 6.18 Å². The van der Waals surface area contributed by atoms with Gasteiger partial charge in [-0.1, -0.05) is 0 Å². The van der Waals surface area contributed by atoms with E-state index in [0.717, 1.165) is 12.1 Å². The van der Waals surface area contributed by atoms with Crippen LogP contribution in [0.4, 0.5) is 28.9 Å². The third-order valence-electron chi connectivity index (χ3n) is 3.06. The number of anilines is 2. The van der Waals surface area contributed by atoms with Crippen molar-refractivity contribution in [3.8, 4) is 11.4 Å². The summed E-state index contributed by atoms with van der Waals surface area (Å²) in [4.78, 5) is 0. The number of hydrogen-bond donors (Lipinski definition) is 2. The second-order valence-electron chi connectivity index (χ2n) is 4.63. The summed E-state index contributed by atoms with van der Waals surface area (Å²) in [6.07, 6.45) is -4.40. The Morgan fingerprint density at radius 1 is 1.00 bits per heavy atom. The monoisotopic (exact) mass is 323 g/mol. The number of halogens is 4. The number of aromatic nitrogens is 4. The van der Waals surface area contributed by atoms with Crippen molar-refractivity contribution in [1.29, 1.82) is 0 Å². The minimum absolute atomic E-state index is 0.166. The molecule has 0 unspecified atom stereocenters. The van der Waals surface area contributed by atoms with E-state index in [1.807, 2.05) is 0 Å². The number of rotatable bonds is 3. The van der Waals surface area contributed by atoms with E-state index in [9.17, 15) is 17.6 Å². The maximum absolute atomic E-state index is 13.4. The molecule has 9 heteroatoms. The van der Waals surface area contributed by atoms with Crippen molar-refractivity contribution in [2.24, 2.45) is 0 Å². The molecule has 0 aliphatic heterocycles. The van der Waals surface area contributed by atoms with Crippen LogP contribution >= 0.6 is 0 Å². The zero-order valence-electron chi connectivity index (χ0n) is 11.4. The molecule has 2 aromatic carbocycles. The SMILES string of the molecule is Fc1ccc(Nc2ccc(C(F)(F)F)cc2)c(-c2nn[nH]n2)c1. The summed E-state index contributed by atoms with van der Waals surface area (Å²) in [6.45, 7) is 0. The molecule has 3 rings (SSSR count). The van der Waals surface area contributed by atoms with E-state index < -0.39 is 17.6 Å². The maximum Gasteiger partial charge on any atom is 0.416 e. The lowest BCUT2D eigenvalue weighted by Gasteiger charge is -2.12. The first-order chi connectivity index (χ1) is 10.9. The summed E-state index contributed by atoms with van der Waals surface area (Å²) in [5.74, 6) is -0.332. The standard InChI is InChI=1S/C14H9F4N5/c15-9-3-6-12(11(7-9)13-20-22-23-21-13)19-10-4-1-8(2-5-10)14(16,17)18/h1-7,19H,(H,20,21,22,23). The average Bonchev–Trinajstić information content (AvgIpc) is 3.03. The predicted octanol–water partition coefficient (Wildman–Crippen LogP) is 3.77. The zero-order chi connectivity index (χ0) is 16.4. The van der Waals surface area contributed by atoms with E-state index in [1.165, 1.54) is 30.3 Å². The Bertz CT molecular complexity index is 797. The molecule has 0 saturated carbocycles. The van der Waals surface area contributed by atoms with E-state index in [1.54, 1.807) is 0 Å². The average molecular weight is 323 g/mol. The van der Waals surface area contributed by atoms with Gasteiger partial charge in [-0.25, -0.2) is 4.39 Å². The van der Waals surface area contributed by atoms with Crippen molar-refractivity contribution >= 4 is 11.4 Å². The van der Waals surface area contributed by atoms with Crippen LogP contribution in [0.1, 0.15) is 5.56 Å². The summed E-state index contributed by atoms with van der Waals surface area (Å²) in [5.41, 5.74) is 0.432. The van der Waals surface area contributed by atoms with E-state index in [0.29, 0.717) is 16.9 Å². The highest BCUT2D eigenvalue weighted by atomic mass is 19.4. The number of tetrazole rings is 1. The molecule has 0 fully saturated rings. The molecule has 1 heterocycles. The second kappa shape index (κ2) is 5.67. The highest BCUT2D eigenvalue weighted by Gasteiger charge is 2.29. The van der Waals surface area contributed by atoms with Crippen LogP contribution in [-0.4, -0.2) is 20.6 Å². The Kier molecular flexibility index (Phi) is 3.68. The van der Waals surface area contributed by atoms with Gasteiger partial charge in [0.05, 0.1) is 5.56 Å². The summed E-state index contributed by atoms with van der Waals surface area (Å²) >= 11 is 0. The van der Waals surface area contributed by atoms with E-state index in [4.69, 9.17) is 0 Å². The first-order valence-electron chi connectivity index (χ1n) is 6.41. The molecule has 118 valence electrons. The maximum atomic E-state index is 13.4. The van der Waals surface area contributed by atoms with Crippen LogP contribution < -0.4 is 5.32 Å². The Labute approximate surface area is 127 Å². The van der Waals surface area contributed by atoms with E-state index >= 15 is 0 Å². The third-order valence-corrected chi connectivity index (χ3v) is 3.06.